The summed E-state index contributed by atoms with van der Waals surface area (Å²) in [6.45, 7) is -2.49. The summed E-state index contributed by atoms with van der Waals surface area (Å²) in [6.07, 6.45) is 1.66. The molecule has 0 aliphatic carbocycles. The Hall–Kier alpha value is -0.810. The molecule has 0 aliphatic rings. The number of thioether (sulfide) groups is 1. The van der Waals surface area contributed by atoms with Gasteiger partial charge in [0.1, 0.15) is 0 Å². The number of rotatable bonds is 3. The maximum Gasteiger partial charge on any atom is 0.225 e. The minimum atomic E-state index is -2.49. The SMILES string of the molecule is [2H]C([2H])([2H])NC(=O)Cc1nnc(Cl)cc1SC. The van der Waals surface area contributed by atoms with Gasteiger partial charge in [0.25, 0.3) is 0 Å². The van der Waals surface area contributed by atoms with E-state index >= 15 is 0 Å². The molecule has 0 spiro atoms. The molecule has 0 bridgehead atoms. The number of carbonyl (C=O) groups excluding carboxylic acids is 1. The number of halogens is 1. The van der Waals surface area contributed by atoms with Crippen molar-refractivity contribution >= 4 is 29.3 Å². The van der Waals surface area contributed by atoms with Crippen molar-refractivity contribution in [2.45, 2.75) is 11.3 Å². The molecule has 1 aromatic rings. The van der Waals surface area contributed by atoms with Crippen LogP contribution >= 0.6 is 23.4 Å². The fourth-order valence-corrected chi connectivity index (χ4v) is 1.66. The molecule has 1 rings (SSSR count). The first-order chi connectivity index (χ1) is 7.81. The summed E-state index contributed by atoms with van der Waals surface area (Å²) >= 11 is 7.02. The molecule has 0 radical (unpaired) electrons. The average molecular weight is 235 g/mol. The second-order valence-electron chi connectivity index (χ2n) is 2.41. The van der Waals surface area contributed by atoms with Crippen LogP contribution in [-0.4, -0.2) is 29.3 Å². The van der Waals surface area contributed by atoms with E-state index < -0.39 is 12.9 Å². The molecule has 14 heavy (non-hydrogen) atoms. The van der Waals surface area contributed by atoms with Crippen LogP contribution in [0.4, 0.5) is 0 Å². The first-order valence-corrected chi connectivity index (χ1v) is 5.29. The maximum absolute atomic E-state index is 11.4. The molecule has 6 heteroatoms. The molecule has 1 N–H and O–H groups in total. The van der Waals surface area contributed by atoms with Crippen molar-refractivity contribution in [3.8, 4) is 0 Å². The van der Waals surface area contributed by atoms with Crippen molar-refractivity contribution < 1.29 is 8.91 Å². The van der Waals surface area contributed by atoms with Gasteiger partial charge in [0.2, 0.25) is 5.91 Å². The lowest BCUT2D eigenvalue weighted by molar-refractivity contribution is -0.120. The van der Waals surface area contributed by atoms with Gasteiger partial charge in [-0.2, -0.15) is 5.10 Å². The molecule has 0 aromatic carbocycles. The Labute approximate surface area is 95.7 Å². The summed E-state index contributed by atoms with van der Waals surface area (Å²) in [5, 5.41) is 9.51. The van der Waals surface area contributed by atoms with Crippen LogP contribution in [0.3, 0.4) is 0 Å². The molecule has 1 heterocycles. The van der Waals surface area contributed by atoms with Crippen molar-refractivity contribution in [1.29, 1.82) is 0 Å². The first kappa shape index (κ1) is 7.48. The van der Waals surface area contributed by atoms with E-state index in [1.165, 1.54) is 11.8 Å². The fourth-order valence-electron chi connectivity index (χ4n) is 0.873. The highest BCUT2D eigenvalue weighted by Gasteiger charge is 2.09. The molecule has 0 atom stereocenters. The highest BCUT2D eigenvalue weighted by molar-refractivity contribution is 7.98. The zero-order valence-corrected chi connectivity index (χ0v) is 8.95. The van der Waals surface area contributed by atoms with E-state index in [4.69, 9.17) is 15.7 Å². The van der Waals surface area contributed by atoms with Crippen LogP contribution < -0.4 is 5.32 Å². The Morgan fingerprint density at radius 3 is 3.21 bits per heavy atom. The Bertz CT molecular complexity index is 427. The van der Waals surface area contributed by atoms with Crippen LogP contribution in [0.5, 0.6) is 0 Å². The molecule has 0 fully saturated rings. The van der Waals surface area contributed by atoms with Gasteiger partial charge in [-0.25, -0.2) is 0 Å². The van der Waals surface area contributed by atoms with Gasteiger partial charge in [-0.15, -0.1) is 16.9 Å². The van der Waals surface area contributed by atoms with Crippen LogP contribution in [0.1, 0.15) is 9.81 Å². The molecule has 4 nitrogen and oxygen atoms in total. The number of nitrogens with one attached hydrogen (secondary N) is 1. The maximum atomic E-state index is 11.4. The van der Waals surface area contributed by atoms with Crippen molar-refractivity contribution in [2.75, 3.05) is 13.2 Å². The van der Waals surface area contributed by atoms with Crippen LogP contribution in [0.15, 0.2) is 11.0 Å². The lowest BCUT2D eigenvalue weighted by Crippen LogP contribution is -2.21. The van der Waals surface area contributed by atoms with Crippen molar-refractivity contribution in [3.05, 3.63) is 16.9 Å². The number of carbonyl (C=O) groups is 1. The normalized spacial score (nSPS) is 14.0. The number of nitrogens with zero attached hydrogens (tertiary/aromatic N) is 2. The van der Waals surface area contributed by atoms with Gasteiger partial charge in [0, 0.05) is 16.0 Å². The number of likely N-dealkylation sites (N-methyl/N-ethyl adjacent to an activating group) is 1. The van der Waals surface area contributed by atoms with Gasteiger partial charge in [0.15, 0.2) is 5.15 Å². The molecule has 1 aromatic heterocycles. The Morgan fingerprint density at radius 1 is 1.79 bits per heavy atom. The average Bonchev–Trinajstić information content (AvgIpc) is 2.17. The molecule has 0 unspecified atom stereocenters. The molecular weight excluding hydrogens is 222 g/mol. The Kier molecular flexibility index (Phi) is 2.76. The van der Waals surface area contributed by atoms with Gasteiger partial charge < -0.3 is 5.32 Å². The Morgan fingerprint density at radius 2 is 2.57 bits per heavy atom. The molecule has 1 amide bonds. The van der Waals surface area contributed by atoms with Gasteiger partial charge in [-0.3, -0.25) is 4.79 Å². The van der Waals surface area contributed by atoms with Gasteiger partial charge in [-0.1, -0.05) is 11.6 Å². The van der Waals surface area contributed by atoms with Crippen molar-refractivity contribution in [1.82, 2.24) is 15.5 Å². The Balaban J connectivity index is 2.78. The summed E-state index contributed by atoms with van der Waals surface area (Å²) in [5.74, 6) is -0.628. The van der Waals surface area contributed by atoms with E-state index in [0.29, 0.717) is 10.6 Å². The number of amides is 1. The third-order valence-corrected chi connectivity index (χ3v) is 2.47. The lowest BCUT2D eigenvalue weighted by Gasteiger charge is -2.04. The largest absolute Gasteiger partial charge is 0.359 e. The van der Waals surface area contributed by atoms with Crippen molar-refractivity contribution in [2.24, 2.45) is 0 Å². The number of hydrogen-bond acceptors (Lipinski definition) is 4. The first-order valence-electron chi connectivity index (χ1n) is 5.19. The summed E-state index contributed by atoms with van der Waals surface area (Å²) in [5.41, 5.74) is 0.406. The van der Waals surface area contributed by atoms with E-state index in [2.05, 4.69) is 10.2 Å². The van der Waals surface area contributed by atoms with E-state index in [-0.39, 0.29) is 11.6 Å². The third kappa shape index (κ3) is 2.85. The van der Waals surface area contributed by atoms with E-state index in [1.54, 1.807) is 12.3 Å². The molecule has 0 saturated carbocycles. The van der Waals surface area contributed by atoms with Crippen LogP contribution in [0.25, 0.3) is 0 Å². The minimum Gasteiger partial charge on any atom is -0.359 e. The van der Waals surface area contributed by atoms with E-state index in [0.717, 1.165) is 0 Å². The molecular formula is C8H10ClN3OS. The molecule has 0 aliphatic heterocycles. The topological polar surface area (TPSA) is 54.9 Å². The van der Waals surface area contributed by atoms with Crippen LogP contribution in [0.2, 0.25) is 5.15 Å². The fraction of sp³-hybridized carbons (Fsp3) is 0.375. The number of hydrogen-bond donors (Lipinski definition) is 1. The van der Waals surface area contributed by atoms with E-state index in [1.807, 2.05) is 5.32 Å². The summed E-state index contributed by atoms with van der Waals surface area (Å²) in [4.78, 5) is 12.1. The highest BCUT2D eigenvalue weighted by atomic mass is 35.5. The van der Waals surface area contributed by atoms with Gasteiger partial charge >= 0.3 is 0 Å². The van der Waals surface area contributed by atoms with Gasteiger partial charge in [-0.05, 0) is 12.3 Å². The van der Waals surface area contributed by atoms with Crippen LogP contribution in [-0.2, 0) is 11.2 Å². The van der Waals surface area contributed by atoms with Crippen molar-refractivity contribution in [3.63, 3.8) is 0 Å². The lowest BCUT2D eigenvalue weighted by atomic mass is 10.3. The summed E-state index contributed by atoms with van der Waals surface area (Å²) in [6, 6.07) is 1.58. The summed E-state index contributed by atoms with van der Waals surface area (Å²) < 4.78 is 20.7. The smallest absolute Gasteiger partial charge is 0.225 e. The minimum absolute atomic E-state index is 0.140. The predicted octanol–water partition coefficient (Wildman–Crippen LogP) is 1.14. The standard InChI is InChI=1S/C8H10ClN3OS/c1-10-8(13)3-5-6(14-2)4-7(9)12-11-5/h4H,3H2,1-2H3,(H,10,13)/i1D3. The number of aromatic nitrogens is 2. The second kappa shape index (κ2) is 5.17. The quantitative estimate of drug-likeness (QED) is 0.797. The second-order valence-corrected chi connectivity index (χ2v) is 3.64. The molecule has 76 valence electrons. The summed E-state index contributed by atoms with van der Waals surface area (Å²) in [7, 11) is 0. The third-order valence-electron chi connectivity index (χ3n) is 1.49. The van der Waals surface area contributed by atoms with E-state index in [9.17, 15) is 4.79 Å². The zero-order valence-electron chi connectivity index (χ0n) is 10.4. The van der Waals surface area contributed by atoms with Crippen LogP contribution in [0, 0.1) is 0 Å². The monoisotopic (exact) mass is 234 g/mol. The molecule has 0 saturated heterocycles. The highest BCUT2D eigenvalue weighted by Crippen LogP contribution is 2.20. The van der Waals surface area contributed by atoms with Gasteiger partial charge in [0.05, 0.1) is 12.1 Å². The zero-order chi connectivity index (χ0) is 13.1. The predicted molar refractivity (Wildman–Crippen MR) is 56.6 cm³/mol.